The normalized spacial score (nSPS) is 11.8. The number of aromatic nitrogens is 5. The van der Waals surface area contributed by atoms with E-state index in [1.807, 2.05) is 30.4 Å². The minimum absolute atomic E-state index is 0.195. The summed E-state index contributed by atoms with van der Waals surface area (Å²) in [4.78, 5) is 30.7. The zero-order chi connectivity index (χ0) is 21.0. The summed E-state index contributed by atoms with van der Waals surface area (Å²) < 4.78 is 11.6. The molecule has 0 aliphatic carbocycles. The molecule has 0 atom stereocenters. The monoisotopic (exact) mass is 395 g/mol. The van der Waals surface area contributed by atoms with Gasteiger partial charge in [-0.25, -0.2) is 4.79 Å². The van der Waals surface area contributed by atoms with Crippen LogP contribution >= 0.6 is 0 Å². The molecule has 0 saturated carbocycles. The SMILES string of the molecule is COCCn1c(=O)c2c(nc3n(-c4cccc(C)c4C)c(C)c(C)n23)n(C)c1=O. The standard InChI is InChI=1S/C21H25N5O3/c1-12-8-7-9-16(13(12)2)25-14(3)15(4)26-17-18(22-20(25)26)23(5)21(28)24(19(17)27)10-11-29-6/h7-9H,10-11H2,1-6H3. The molecule has 0 aliphatic rings. The Morgan fingerprint density at radius 2 is 1.79 bits per heavy atom. The number of aryl methyl sites for hydroxylation is 3. The van der Waals surface area contributed by atoms with Crippen molar-refractivity contribution in [1.82, 2.24) is 23.1 Å². The molecule has 0 spiro atoms. The minimum atomic E-state index is -0.395. The predicted molar refractivity (Wildman–Crippen MR) is 112 cm³/mol. The maximum atomic E-state index is 13.2. The van der Waals surface area contributed by atoms with Gasteiger partial charge in [0.15, 0.2) is 11.2 Å². The molecule has 4 rings (SSSR count). The Kier molecular flexibility index (Phi) is 4.46. The quantitative estimate of drug-likeness (QED) is 0.530. The summed E-state index contributed by atoms with van der Waals surface area (Å²) in [5, 5.41) is 0. The van der Waals surface area contributed by atoms with Crippen molar-refractivity contribution in [1.29, 1.82) is 0 Å². The molecule has 0 unspecified atom stereocenters. The second-order valence-electron chi connectivity index (χ2n) is 7.44. The molecular weight excluding hydrogens is 370 g/mol. The molecule has 29 heavy (non-hydrogen) atoms. The van der Waals surface area contributed by atoms with Gasteiger partial charge in [-0.2, -0.15) is 4.98 Å². The van der Waals surface area contributed by atoms with Crippen molar-refractivity contribution >= 4 is 16.9 Å². The summed E-state index contributed by atoms with van der Waals surface area (Å²) in [5.74, 6) is 0.625. The van der Waals surface area contributed by atoms with E-state index in [1.165, 1.54) is 14.7 Å². The van der Waals surface area contributed by atoms with Crippen molar-refractivity contribution in [2.24, 2.45) is 7.05 Å². The van der Waals surface area contributed by atoms with Crippen LogP contribution < -0.4 is 11.2 Å². The molecule has 0 bridgehead atoms. The first-order valence-corrected chi connectivity index (χ1v) is 9.55. The number of nitrogens with zero attached hydrogens (tertiary/aromatic N) is 5. The van der Waals surface area contributed by atoms with Gasteiger partial charge in [-0.15, -0.1) is 0 Å². The Morgan fingerprint density at radius 3 is 2.48 bits per heavy atom. The number of methoxy groups -OCH3 is 1. The highest BCUT2D eigenvalue weighted by molar-refractivity contribution is 5.77. The highest BCUT2D eigenvalue weighted by Crippen LogP contribution is 2.27. The van der Waals surface area contributed by atoms with Crippen LogP contribution in [0.25, 0.3) is 22.6 Å². The second-order valence-corrected chi connectivity index (χ2v) is 7.44. The highest BCUT2D eigenvalue weighted by atomic mass is 16.5. The number of hydrogen-bond donors (Lipinski definition) is 0. The van der Waals surface area contributed by atoms with Crippen molar-refractivity contribution in [2.45, 2.75) is 34.2 Å². The fourth-order valence-electron chi connectivity index (χ4n) is 3.90. The van der Waals surface area contributed by atoms with E-state index >= 15 is 0 Å². The first-order valence-electron chi connectivity index (χ1n) is 9.55. The van der Waals surface area contributed by atoms with Crippen LogP contribution in [0.15, 0.2) is 27.8 Å². The van der Waals surface area contributed by atoms with Gasteiger partial charge in [-0.05, 0) is 44.9 Å². The first-order chi connectivity index (χ1) is 13.8. The number of imidazole rings is 2. The van der Waals surface area contributed by atoms with Crippen LogP contribution in [0.1, 0.15) is 22.5 Å². The van der Waals surface area contributed by atoms with Crippen LogP contribution in [0.5, 0.6) is 0 Å². The number of ether oxygens (including phenoxy) is 1. The van der Waals surface area contributed by atoms with E-state index in [1.54, 1.807) is 14.2 Å². The third-order valence-electron chi connectivity index (χ3n) is 5.85. The van der Waals surface area contributed by atoms with E-state index in [-0.39, 0.29) is 18.7 Å². The molecule has 0 fully saturated rings. The van der Waals surface area contributed by atoms with E-state index in [4.69, 9.17) is 9.72 Å². The molecule has 4 aromatic rings. The third kappa shape index (κ3) is 2.59. The molecule has 0 N–H and O–H groups in total. The number of rotatable bonds is 4. The van der Waals surface area contributed by atoms with Crippen LogP contribution in [0.4, 0.5) is 0 Å². The smallest absolute Gasteiger partial charge is 0.332 e. The Labute approximate surface area is 167 Å². The zero-order valence-corrected chi connectivity index (χ0v) is 17.6. The van der Waals surface area contributed by atoms with E-state index in [2.05, 4.69) is 24.5 Å². The number of benzene rings is 1. The van der Waals surface area contributed by atoms with Gasteiger partial charge in [-0.1, -0.05) is 12.1 Å². The average molecular weight is 395 g/mol. The maximum Gasteiger partial charge on any atom is 0.332 e. The van der Waals surface area contributed by atoms with Gasteiger partial charge in [0.25, 0.3) is 5.56 Å². The number of hydrogen-bond acceptors (Lipinski definition) is 4. The van der Waals surface area contributed by atoms with Crippen LogP contribution in [-0.2, 0) is 18.3 Å². The molecule has 3 aromatic heterocycles. The lowest BCUT2D eigenvalue weighted by Gasteiger charge is -2.12. The fraction of sp³-hybridized carbons (Fsp3) is 0.381. The minimum Gasteiger partial charge on any atom is -0.383 e. The molecule has 0 saturated heterocycles. The Balaban J connectivity index is 2.17. The molecule has 8 nitrogen and oxygen atoms in total. The van der Waals surface area contributed by atoms with E-state index in [0.29, 0.717) is 16.9 Å². The van der Waals surface area contributed by atoms with E-state index in [0.717, 1.165) is 22.6 Å². The van der Waals surface area contributed by atoms with Gasteiger partial charge in [0.05, 0.1) is 18.8 Å². The Bertz CT molecular complexity index is 1380. The Morgan fingerprint density at radius 1 is 1.07 bits per heavy atom. The van der Waals surface area contributed by atoms with Crippen molar-refractivity contribution in [2.75, 3.05) is 13.7 Å². The summed E-state index contributed by atoms with van der Waals surface area (Å²) in [7, 11) is 3.19. The Hall–Kier alpha value is -3.13. The van der Waals surface area contributed by atoms with E-state index in [9.17, 15) is 9.59 Å². The topological polar surface area (TPSA) is 75.5 Å². The van der Waals surface area contributed by atoms with Crippen molar-refractivity contribution in [3.05, 3.63) is 61.6 Å². The third-order valence-corrected chi connectivity index (χ3v) is 5.85. The molecule has 3 heterocycles. The maximum absolute atomic E-state index is 13.2. The van der Waals surface area contributed by atoms with Crippen LogP contribution in [0, 0.1) is 27.7 Å². The first kappa shape index (κ1) is 19.2. The number of fused-ring (bicyclic) bond motifs is 3. The van der Waals surface area contributed by atoms with Gasteiger partial charge in [0.2, 0.25) is 5.78 Å². The van der Waals surface area contributed by atoms with Gasteiger partial charge >= 0.3 is 5.69 Å². The zero-order valence-electron chi connectivity index (χ0n) is 17.6. The molecule has 0 radical (unpaired) electrons. The van der Waals surface area contributed by atoms with Gasteiger partial charge < -0.3 is 4.74 Å². The summed E-state index contributed by atoms with van der Waals surface area (Å²) in [6, 6.07) is 6.13. The van der Waals surface area contributed by atoms with Crippen LogP contribution in [0.3, 0.4) is 0 Å². The summed E-state index contributed by atoms with van der Waals surface area (Å²) in [6.45, 7) is 8.61. The molecule has 8 heteroatoms. The molecule has 0 aliphatic heterocycles. The lowest BCUT2D eigenvalue weighted by molar-refractivity contribution is 0.184. The fourth-order valence-corrected chi connectivity index (χ4v) is 3.90. The van der Waals surface area contributed by atoms with Crippen LogP contribution in [-0.4, -0.2) is 36.8 Å². The van der Waals surface area contributed by atoms with Gasteiger partial charge in [0.1, 0.15) is 0 Å². The predicted octanol–water partition coefficient (Wildman–Crippen LogP) is 2.02. The second kappa shape index (κ2) is 6.73. The molecular formula is C21H25N5O3. The van der Waals surface area contributed by atoms with Gasteiger partial charge in [-0.3, -0.25) is 22.9 Å². The van der Waals surface area contributed by atoms with Crippen molar-refractivity contribution < 1.29 is 4.74 Å². The molecule has 1 aromatic carbocycles. The highest BCUT2D eigenvalue weighted by Gasteiger charge is 2.23. The summed E-state index contributed by atoms with van der Waals surface area (Å²) >= 11 is 0. The van der Waals surface area contributed by atoms with E-state index < -0.39 is 5.69 Å². The van der Waals surface area contributed by atoms with Crippen molar-refractivity contribution in [3.63, 3.8) is 0 Å². The van der Waals surface area contributed by atoms with Gasteiger partial charge in [0, 0.05) is 25.5 Å². The largest absolute Gasteiger partial charge is 0.383 e. The summed E-state index contributed by atoms with van der Waals surface area (Å²) in [6.07, 6.45) is 0. The van der Waals surface area contributed by atoms with Crippen molar-refractivity contribution in [3.8, 4) is 5.69 Å². The average Bonchev–Trinajstić information content (AvgIpc) is 3.19. The lowest BCUT2D eigenvalue weighted by atomic mass is 10.1. The van der Waals surface area contributed by atoms with Crippen LogP contribution in [0.2, 0.25) is 0 Å². The molecule has 0 amide bonds. The molecule has 152 valence electrons. The summed E-state index contributed by atoms with van der Waals surface area (Å²) in [5.41, 5.74) is 5.29. The lowest BCUT2D eigenvalue weighted by Crippen LogP contribution is -2.40.